The van der Waals surface area contributed by atoms with Crippen LogP contribution in [0.2, 0.25) is 0 Å². The molecule has 0 aliphatic carbocycles. The molecule has 5 aromatic rings. The molecule has 0 saturated heterocycles. The van der Waals surface area contributed by atoms with Crippen molar-refractivity contribution in [1.29, 1.82) is 10.5 Å². The molecule has 0 bridgehead atoms. The lowest BCUT2D eigenvalue weighted by Crippen LogP contribution is -1.96. The SMILES string of the molecule is N#Cc1c2cc3c(=O)oc(=O)c3cc2c(C#N)c2cc3c(=O)oc(=O)c3cc12. The Bertz CT molecular complexity index is 1570. The third-order valence-electron chi connectivity index (χ3n) is 4.87. The van der Waals surface area contributed by atoms with Crippen LogP contribution >= 0.6 is 0 Å². The number of furan rings is 2. The second kappa shape index (κ2) is 5.00. The van der Waals surface area contributed by atoms with Gasteiger partial charge in [-0.15, -0.1) is 0 Å². The predicted molar refractivity (Wildman–Crippen MR) is 97.9 cm³/mol. The van der Waals surface area contributed by atoms with Gasteiger partial charge in [0.15, 0.2) is 0 Å². The minimum absolute atomic E-state index is 0.00649. The van der Waals surface area contributed by atoms with E-state index in [1.807, 2.05) is 12.1 Å². The van der Waals surface area contributed by atoms with E-state index in [-0.39, 0.29) is 54.2 Å². The first kappa shape index (κ1) is 15.7. The van der Waals surface area contributed by atoms with Crippen LogP contribution in [0.25, 0.3) is 43.1 Å². The Kier molecular flexibility index (Phi) is 2.80. The molecule has 0 atom stereocenters. The smallest absolute Gasteiger partial charge is 0.346 e. The molecule has 5 rings (SSSR count). The fourth-order valence-corrected chi connectivity index (χ4v) is 3.62. The summed E-state index contributed by atoms with van der Waals surface area (Å²) in [5.74, 6) is 0. The summed E-state index contributed by atoms with van der Waals surface area (Å²) in [6.07, 6.45) is 0. The van der Waals surface area contributed by atoms with Gasteiger partial charge < -0.3 is 8.83 Å². The molecule has 0 radical (unpaired) electrons. The van der Waals surface area contributed by atoms with Gasteiger partial charge in [0.2, 0.25) is 0 Å². The third-order valence-corrected chi connectivity index (χ3v) is 4.87. The second-order valence-electron chi connectivity index (χ2n) is 6.21. The molecular formula is C20H4N2O6. The van der Waals surface area contributed by atoms with Gasteiger partial charge in [-0.3, -0.25) is 0 Å². The highest BCUT2D eigenvalue weighted by Crippen LogP contribution is 2.35. The predicted octanol–water partition coefficient (Wildman–Crippen LogP) is 1.55. The number of hydrogen-bond donors (Lipinski definition) is 0. The van der Waals surface area contributed by atoms with E-state index in [4.69, 9.17) is 0 Å². The highest BCUT2D eigenvalue weighted by molar-refractivity contribution is 6.15. The van der Waals surface area contributed by atoms with E-state index in [0.29, 0.717) is 0 Å². The Balaban J connectivity index is 2.19. The summed E-state index contributed by atoms with van der Waals surface area (Å²) in [4.78, 5) is 47.5. The van der Waals surface area contributed by atoms with Crippen LogP contribution in [-0.2, 0) is 0 Å². The third kappa shape index (κ3) is 1.76. The van der Waals surface area contributed by atoms with E-state index in [1.54, 1.807) is 0 Å². The molecule has 0 amide bonds. The minimum atomic E-state index is -0.840. The Morgan fingerprint density at radius 2 is 0.750 bits per heavy atom. The zero-order valence-electron chi connectivity index (χ0n) is 13.7. The van der Waals surface area contributed by atoms with Crippen molar-refractivity contribution in [3.8, 4) is 12.1 Å². The lowest BCUT2D eigenvalue weighted by Gasteiger charge is -2.09. The maximum Gasteiger partial charge on any atom is 0.346 e. The molecule has 0 fully saturated rings. The molecule has 2 heterocycles. The lowest BCUT2D eigenvalue weighted by molar-refractivity contribution is 0.499. The van der Waals surface area contributed by atoms with Gasteiger partial charge >= 0.3 is 22.5 Å². The highest BCUT2D eigenvalue weighted by atomic mass is 16.4. The molecule has 8 nitrogen and oxygen atoms in total. The molecule has 0 unspecified atom stereocenters. The average molecular weight is 368 g/mol. The maximum atomic E-state index is 11.9. The summed E-state index contributed by atoms with van der Waals surface area (Å²) in [6, 6.07) is 9.34. The van der Waals surface area contributed by atoms with Crippen molar-refractivity contribution in [2.45, 2.75) is 0 Å². The molecule has 28 heavy (non-hydrogen) atoms. The maximum absolute atomic E-state index is 11.9. The van der Waals surface area contributed by atoms with Crippen LogP contribution in [0.4, 0.5) is 0 Å². The van der Waals surface area contributed by atoms with E-state index in [9.17, 15) is 29.7 Å². The van der Waals surface area contributed by atoms with Crippen LogP contribution < -0.4 is 22.5 Å². The molecule has 0 aliphatic heterocycles. The molecular weight excluding hydrogens is 364 g/mol. The summed E-state index contributed by atoms with van der Waals surface area (Å²) >= 11 is 0. The Morgan fingerprint density at radius 3 is 0.964 bits per heavy atom. The number of hydrogen-bond acceptors (Lipinski definition) is 8. The quantitative estimate of drug-likeness (QED) is 0.375. The highest BCUT2D eigenvalue weighted by Gasteiger charge is 2.20. The normalized spacial score (nSPS) is 11.4. The van der Waals surface area contributed by atoms with E-state index in [0.717, 1.165) is 0 Å². The lowest BCUT2D eigenvalue weighted by atomic mass is 9.90. The number of nitrogens with zero attached hydrogens (tertiary/aromatic N) is 2. The minimum Gasteiger partial charge on any atom is -0.386 e. The summed E-state index contributed by atoms with van der Waals surface area (Å²) in [5.41, 5.74) is -3.18. The molecule has 0 spiro atoms. The van der Waals surface area contributed by atoms with Crippen LogP contribution in [-0.4, -0.2) is 0 Å². The molecule has 2 aromatic heterocycles. The van der Waals surface area contributed by atoms with Crippen molar-refractivity contribution >= 4 is 43.1 Å². The zero-order chi connectivity index (χ0) is 19.7. The largest absolute Gasteiger partial charge is 0.386 e. The molecule has 0 aliphatic rings. The molecule has 8 heteroatoms. The van der Waals surface area contributed by atoms with Gasteiger partial charge in [-0.25, -0.2) is 19.2 Å². The number of nitriles is 2. The Hall–Kier alpha value is -4.56. The van der Waals surface area contributed by atoms with Crippen LogP contribution in [0.5, 0.6) is 0 Å². The summed E-state index contributed by atoms with van der Waals surface area (Å²) in [6.45, 7) is 0. The van der Waals surface area contributed by atoms with Crippen molar-refractivity contribution in [1.82, 2.24) is 0 Å². The first-order chi connectivity index (χ1) is 13.4. The van der Waals surface area contributed by atoms with E-state index >= 15 is 0 Å². The van der Waals surface area contributed by atoms with Gasteiger partial charge in [-0.2, -0.15) is 10.5 Å². The summed E-state index contributed by atoms with van der Waals surface area (Å²) in [5, 5.41) is 20.5. The monoisotopic (exact) mass is 368 g/mol. The van der Waals surface area contributed by atoms with E-state index < -0.39 is 22.5 Å². The van der Waals surface area contributed by atoms with E-state index in [1.165, 1.54) is 24.3 Å². The fourth-order valence-electron chi connectivity index (χ4n) is 3.62. The summed E-state index contributed by atoms with van der Waals surface area (Å²) in [7, 11) is 0. The van der Waals surface area contributed by atoms with Crippen LogP contribution in [0.15, 0.2) is 52.3 Å². The Labute approximate surface area is 152 Å². The van der Waals surface area contributed by atoms with Gasteiger partial charge in [0.1, 0.15) is 12.1 Å². The van der Waals surface area contributed by atoms with Gasteiger partial charge in [0.25, 0.3) is 0 Å². The molecule has 0 saturated carbocycles. The molecule has 130 valence electrons. The molecule has 0 N–H and O–H groups in total. The standard InChI is InChI=1S/C20H4N2O6/c21-5-15-7-1-11-12(18(24)27-17(11)23)2-8(7)16(6-22)10-4-14-13(3-9(10)15)19(25)28-20(14)26/h1-4H. The van der Waals surface area contributed by atoms with Crippen molar-refractivity contribution in [2.75, 3.05) is 0 Å². The van der Waals surface area contributed by atoms with Gasteiger partial charge in [-0.05, 0) is 24.3 Å². The van der Waals surface area contributed by atoms with Crippen LogP contribution in [0, 0.1) is 22.7 Å². The second-order valence-corrected chi connectivity index (χ2v) is 6.21. The Morgan fingerprint density at radius 1 is 0.500 bits per heavy atom. The van der Waals surface area contributed by atoms with Crippen molar-refractivity contribution in [2.24, 2.45) is 0 Å². The molecule has 3 aromatic carbocycles. The van der Waals surface area contributed by atoms with Gasteiger partial charge in [0.05, 0.1) is 32.7 Å². The van der Waals surface area contributed by atoms with Crippen LogP contribution in [0.3, 0.4) is 0 Å². The van der Waals surface area contributed by atoms with Crippen molar-refractivity contribution < 1.29 is 8.83 Å². The van der Waals surface area contributed by atoms with Gasteiger partial charge in [0, 0.05) is 21.5 Å². The number of rotatable bonds is 0. The zero-order valence-corrected chi connectivity index (χ0v) is 13.7. The first-order valence-electron chi connectivity index (χ1n) is 7.89. The van der Waals surface area contributed by atoms with Crippen molar-refractivity contribution in [3.63, 3.8) is 0 Å². The topological polar surface area (TPSA) is 142 Å². The number of fused-ring (bicyclic) bond motifs is 4. The fraction of sp³-hybridized carbons (Fsp3) is 0. The average Bonchev–Trinajstić information content (AvgIpc) is 3.11. The number of benzene rings is 3. The first-order valence-corrected chi connectivity index (χ1v) is 7.89. The van der Waals surface area contributed by atoms with Gasteiger partial charge in [-0.1, -0.05) is 0 Å². The van der Waals surface area contributed by atoms with Crippen molar-refractivity contribution in [3.05, 3.63) is 77.1 Å². The van der Waals surface area contributed by atoms with Crippen LogP contribution in [0.1, 0.15) is 11.1 Å². The van der Waals surface area contributed by atoms with E-state index in [2.05, 4.69) is 8.83 Å². The summed E-state index contributed by atoms with van der Waals surface area (Å²) < 4.78 is 9.18.